The summed E-state index contributed by atoms with van der Waals surface area (Å²) < 4.78 is 0. The highest BCUT2D eigenvalue weighted by molar-refractivity contribution is 6.33. The van der Waals surface area contributed by atoms with Crippen LogP contribution in [0.4, 0.5) is 11.4 Å². The number of phenols is 2. The van der Waals surface area contributed by atoms with Gasteiger partial charge in [-0.1, -0.05) is 0 Å². The Kier molecular flexibility index (Phi) is 2.62. The normalized spacial score (nSPS) is 12.8. The number of phenolic OH excluding ortho intramolecular Hbond substituents is 2. The molecule has 0 atom stereocenters. The van der Waals surface area contributed by atoms with Crippen LogP contribution < -0.4 is 11.1 Å². The molecule has 0 saturated carbocycles. The van der Waals surface area contributed by atoms with Gasteiger partial charge in [0, 0.05) is 18.4 Å². The number of carbonyl (C=O) groups excluding carboxylic acids is 2. The zero-order valence-corrected chi connectivity index (χ0v) is 11.1. The van der Waals surface area contributed by atoms with E-state index in [1.807, 2.05) is 0 Å². The third kappa shape index (κ3) is 1.59. The number of nitrogen functional groups attached to an aromatic ring is 1. The van der Waals surface area contributed by atoms with Gasteiger partial charge in [0.2, 0.25) is 11.6 Å². The summed E-state index contributed by atoms with van der Waals surface area (Å²) in [7, 11) is 1.60. The molecular weight excluding hydrogens is 272 g/mol. The first-order valence-electron chi connectivity index (χ1n) is 6.22. The van der Waals surface area contributed by atoms with E-state index in [1.165, 1.54) is 24.3 Å². The number of rotatable bonds is 1. The van der Waals surface area contributed by atoms with Gasteiger partial charge in [-0.2, -0.15) is 0 Å². The molecule has 0 aromatic heterocycles. The predicted octanol–water partition coefficient (Wildman–Crippen LogP) is 1.50. The lowest BCUT2D eigenvalue weighted by atomic mass is 9.81. The number of fused-ring (bicyclic) bond motifs is 2. The van der Waals surface area contributed by atoms with Gasteiger partial charge in [0.15, 0.2) is 0 Å². The molecule has 1 aliphatic carbocycles. The van der Waals surface area contributed by atoms with Crippen molar-refractivity contribution in [1.29, 1.82) is 0 Å². The van der Waals surface area contributed by atoms with Crippen LogP contribution in [-0.4, -0.2) is 28.8 Å². The lowest BCUT2D eigenvalue weighted by Gasteiger charge is -2.22. The second-order valence-corrected chi connectivity index (χ2v) is 4.71. The molecule has 0 amide bonds. The highest BCUT2D eigenvalue weighted by atomic mass is 16.3. The van der Waals surface area contributed by atoms with Crippen molar-refractivity contribution in [3.8, 4) is 11.5 Å². The Labute approximate surface area is 119 Å². The molecule has 0 saturated heterocycles. The van der Waals surface area contributed by atoms with Crippen molar-refractivity contribution < 1.29 is 19.8 Å². The fraction of sp³-hybridized carbons (Fsp3) is 0.0667. The van der Waals surface area contributed by atoms with Crippen molar-refractivity contribution in [3.63, 3.8) is 0 Å². The van der Waals surface area contributed by atoms with E-state index >= 15 is 0 Å². The predicted molar refractivity (Wildman–Crippen MR) is 77.0 cm³/mol. The van der Waals surface area contributed by atoms with E-state index in [4.69, 9.17) is 5.73 Å². The van der Waals surface area contributed by atoms with E-state index in [-0.39, 0.29) is 39.4 Å². The molecule has 0 aliphatic heterocycles. The topological polar surface area (TPSA) is 113 Å². The van der Waals surface area contributed by atoms with Crippen LogP contribution in [0.1, 0.15) is 31.8 Å². The first kappa shape index (κ1) is 13.0. The van der Waals surface area contributed by atoms with Crippen LogP contribution in [0, 0.1) is 0 Å². The van der Waals surface area contributed by atoms with Gasteiger partial charge in [0.05, 0.1) is 22.3 Å². The molecule has 106 valence electrons. The molecule has 0 unspecified atom stereocenters. The number of aromatic hydroxyl groups is 2. The summed E-state index contributed by atoms with van der Waals surface area (Å²) in [6, 6.07) is 5.45. The number of nitrogens with one attached hydrogen (secondary N) is 1. The van der Waals surface area contributed by atoms with Gasteiger partial charge >= 0.3 is 0 Å². The fourth-order valence-corrected chi connectivity index (χ4v) is 2.60. The van der Waals surface area contributed by atoms with E-state index in [0.717, 1.165) is 0 Å². The fourth-order valence-electron chi connectivity index (χ4n) is 2.60. The third-order valence-electron chi connectivity index (χ3n) is 3.58. The Bertz CT molecular complexity index is 812. The third-order valence-corrected chi connectivity index (χ3v) is 3.58. The molecule has 0 bridgehead atoms. The second-order valence-electron chi connectivity index (χ2n) is 4.71. The lowest BCUT2D eigenvalue weighted by molar-refractivity contribution is 0.0975. The van der Waals surface area contributed by atoms with Crippen molar-refractivity contribution >= 4 is 22.9 Å². The largest absolute Gasteiger partial charge is 0.507 e. The van der Waals surface area contributed by atoms with Gasteiger partial charge in [0.1, 0.15) is 11.5 Å². The maximum absolute atomic E-state index is 12.6. The van der Waals surface area contributed by atoms with Crippen molar-refractivity contribution in [2.24, 2.45) is 0 Å². The number of nitrogens with two attached hydrogens (primary N) is 1. The zero-order chi connectivity index (χ0) is 15.3. The molecular formula is C15H12N2O4. The monoisotopic (exact) mass is 284 g/mol. The first-order valence-corrected chi connectivity index (χ1v) is 6.22. The van der Waals surface area contributed by atoms with Gasteiger partial charge < -0.3 is 21.3 Å². The Morgan fingerprint density at radius 2 is 1.38 bits per heavy atom. The average molecular weight is 284 g/mol. The highest BCUT2D eigenvalue weighted by Gasteiger charge is 2.37. The molecule has 6 nitrogen and oxygen atoms in total. The first-order chi connectivity index (χ1) is 9.97. The zero-order valence-electron chi connectivity index (χ0n) is 11.1. The van der Waals surface area contributed by atoms with E-state index < -0.39 is 11.6 Å². The summed E-state index contributed by atoms with van der Waals surface area (Å²) in [6.45, 7) is 0. The van der Waals surface area contributed by atoms with Crippen molar-refractivity contribution in [3.05, 3.63) is 46.5 Å². The maximum Gasteiger partial charge on any atom is 0.200 e. The molecule has 0 fully saturated rings. The van der Waals surface area contributed by atoms with Crippen LogP contribution in [0.3, 0.4) is 0 Å². The molecule has 0 spiro atoms. The minimum Gasteiger partial charge on any atom is -0.507 e. The van der Waals surface area contributed by atoms with Crippen LogP contribution in [0.5, 0.6) is 11.5 Å². The molecule has 6 heteroatoms. The summed E-state index contributed by atoms with van der Waals surface area (Å²) >= 11 is 0. The number of benzene rings is 2. The maximum atomic E-state index is 12.6. The average Bonchev–Trinajstić information content (AvgIpc) is 2.46. The van der Waals surface area contributed by atoms with Gasteiger partial charge in [-0.3, -0.25) is 9.59 Å². The molecule has 21 heavy (non-hydrogen) atoms. The molecule has 5 N–H and O–H groups in total. The Morgan fingerprint density at radius 1 is 0.857 bits per heavy atom. The number of hydrogen-bond donors (Lipinski definition) is 4. The van der Waals surface area contributed by atoms with Gasteiger partial charge in [-0.15, -0.1) is 0 Å². The van der Waals surface area contributed by atoms with Gasteiger partial charge in [-0.25, -0.2) is 0 Å². The molecule has 1 aliphatic rings. The number of anilines is 2. The molecule has 0 radical (unpaired) electrons. The summed E-state index contributed by atoms with van der Waals surface area (Å²) in [5.74, 6) is -1.74. The van der Waals surface area contributed by atoms with Gasteiger partial charge in [0.25, 0.3) is 0 Å². The summed E-state index contributed by atoms with van der Waals surface area (Å²) in [5.41, 5.74) is 5.97. The van der Waals surface area contributed by atoms with Crippen LogP contribution in [0.25, 0.3) is 0 Å². The number of ketones is 2. The highest BCUT2D eigenvalue weighted by Crippen LogP contribution is 2.41. The second kappa shape index (κ2) is 4.24. The minimum atomic E-state index is -0.581. The van der Waals surface area contributed by atoms with Gasteiger partial charge in [-0.05, 0) is 24.3 Å². The van der Waals surface area contributed by atoms with Crippen molar-refractivity contribution in [2.45, 2.75) is 0 Å². The van der Waals surface area contributed by atoms with Crippen LogP contribution in [-0.2, 0) is 0 Å². The Balaban J connectivity index is 2.44. The smallest absolute Gasteiger partial charge is 0.200 e. The Hall–Kier alpha value is -3.02. The standard InChI is InChI=1S/C15H12N2O4/c1-17-7-3-5-9(19)13-11(7)15(21)12-8(18)4-2-6(16)10(12)14(13)20/h2-5,17-19H,16H2,1H3. The summed E-state index contributed by atoms with van der Waals surface area (Å²) in [6.07, 6.45) is 0. The van der Waals surface area contributed by atoms with E-state index in [1.54, 1.807) is 7.05 Å². The lowest BCUT2D eigenvalue weighted by Crippen LogP contribution is -2.23. The van der Waals surface area contributed by atoms with E-state index in [0.29, 0.717) is 5.69 Å². The SMILES string of the molecule is CNc1ccc(O)c2c1C(=O)c1c(O)ccc(N)c1C2=O. The number of carbonyl (C=O) groups is 2. The van der Waals surface area contributed by atoms with Crippen LogP contribution in [0.15, 0.2) is 24.3 Å². The Morgan fingerprint density at radius 3 is 2.00 bits per heavy atom. The molecule has 0 heterocycles. The van der Waals surface area contributed by atoms with Crippen molar-refractivity contribution in [2.75, 3.05) is 18.1 Å². The molecule has 2 aromatic rings. The summed E-state index contributed by atoms with van der Waals surface area (Å²) in [4.78, 5) is 25.2. The van der Waals surface area contributed by atoms with E-state index in [2.05, 4.69) is 5.32 Å². The quantitative estimate of drug-likeness (QED) is 0.398. The van der Waals surface area contributed by atoms with E-state index in [9.17, 15) is 19.8 Å². The van der Waals surface area contributed by atoms with Crippen molar-refractivity contribution in [1.82, 2.24) is 0 Å². The number of hydrogen-bond acceptors (Lipinski definition) is 6. The minimum absolute atomic E-state index is 0.0379. The molecule has 2 aromatic carbocycles. The van der Waals surface area contributed by atoms with Crippen LogP contribution in [0.2, 0.25) is 0 Å². The summed E-state index contributed by atoms with van der Waals surface area (Å²) in [5, 5.41) is 22.7. The molecule has 3 rings (SSSR count). The van der Waals surface area contributed by atoms with Crippen LogP contribution >= 0.6 is 0 Å².